The van der Waals surface area contributed by atoms with Crippen molar-refractivity contribution >= 4 is 5.91 Å². The minimum absolute atomic E-state index is 0.0616. The van der Waals surface area contributed by atoms with Gasteiger partial charge in [-0.2, -0.15) is 5.10 Å². The summed E-state index contributed by atoms with van der Waals surface area (Å²) in [7, 11) is 1.67. The maximum atomic E-state index is 13.4. The Morgan fingerprint density at radius 1 is 1.31 bits per heavy atom. The monoisotopic (exact) mass is 438 g/mol. The molecule has 0 spiro atoms. The van der Waals surface area contributed by atoms with E-state index in [1.54, 1.807) is 12.0 Å². The predicted octanol–water partition coefficient (Wildman–Crippen LogP) is 2.86. The Kier molecular flexibility index (Phi) is 6.96. The number of likely N-dealkylation sites (tertiary alicyclic amines) is 1. The van der Waals surface area contributed by atoms with Crippen LogP contribution < -0.4 is 4.74 Å². The van der Waals surface area contributed by atoms with Gasteiger partial charge in [0.1, 0.15) is 5.75 Å². The number of carbonyl (C=O) groups excluding carboxylic acids is 1. The average Bonchev–Trinajstić information content (AvgIpc) is 3.14. The quantitative estimate of drug-likeness (QED) is 0.703. The molecule has 32 heavy (non-hydrogen) atoms. The van der Waals surface area contributed by atoms with Gasteiger partial charge in [0.25, 0.3) is 5.91 Å². The molecular formula is C25H34N4O3. The van der Waals surface area contributed by atoms with E-state index >= 15 is 0 Å². The molecule has 0 aliphatic carbocycles. The van der Waals surface area contributed by atoms with Crippen LogP contribution >= 0.6 is 0 Å². The number of aliphatic hydroxyl groups is 1. The van der Waals surface area contributed by atoms with Crippen molar-refractivity contribution < 1.29 is 14.6 Å². The molecule has 1 aromatic carbocycles. The number of hydrogen-bond acceptors (Lipinski definition) is 5. The molecule has 2 aliphatic heterocycles. The first-order valence-electron chi connectivity index (χ1n) is 11.5. The zero-order valence-corrected chi connectivity index (χ0v) is 19.4. The summed E-state index contributed by atoms with van der Waals surface area (Å²) < 4.78 is 7.37. The van der Waals surface area contributed by atoms with E-state index in [-0.39, 0.29) is 5.91 Å². The van der Waals surface area contributed by atoms with Gasteiger partial charge in [-0.25, -0.2) is 0 Å². The van der Waals surface area contributed by atoms with E-state index < -0.39 is 6.10 Å². The number of rotatable bonds is 6. The van der Waals surface area contributed by atoms with E-state index in [2.05, 4.69) is 30.9 Å². The topological polar surface area (TPSA) is 70.8 Å². The first-order valence-corrected chi connectivity index (χ1v) is 11.5. The highest BCUT2D eigenvalue weighted by molar-refractivity contribution is 5.94. The Bertz CT molecular complexity index is 993. The number of nitrogens with zero attached hydrogens (tertiary/aromatic N) is 4. The van der Waals surface area contributed by atoms with Crippen molar-refractivity contribution in [3.05, 3.63) is 58.4 Å². The molecule has 1 aromatic heterocycles. The van der Waals surface area contributed by atoms with Gasteiger partial charge >= 0.3 is 0 Å². The molecule has 1 atom stereocenters. The van der Waals surface area contributed by atoms with Crippen LogP contribution in [0.3, 0.4) is 0 Å². The second-order valence-corrected chi connectivity index (χ2v) is 9.10. The first kappa shape index (κ1) is 22.6. The van der Waals surface area contributed by atoms with Crippen LogP contribution in [0, 0.1) is 0 Å². The third-order valence-electron chi connectivity index (χ3n) is 6.32. The lowest BCUT2D eigenvalue weighted by Gasteiger charge is -2.30. The molecule has 7 nitrogen and oxygen atoms in total. The lowest BCUT2D eigenvalue weighted by atomic mass is 10.0. The highest BCUT2D eigenvalue weighted by Gasteiger charge is 2.32. The molecule has 1 fully saturated rings. The van der Waals surface area contributed by atoms with Gasteiger partial charge in [-0.05, 0) is 44.4 Å². The van der Waals surface area contributed by atoms with Crippen LogP contribution in [0.5, 0.6) is 5.75 Å². The molecule has 3 heterocycles. The summed E-state index contributed by atoms with van der Waals surface area (Å²) in [6.45, 7) is 8.41. The molecule has 2 aromatic rings. The smallest absolute Gasteiger partial charge is 0.274 e. The number of benzene rings is 1. The number of amides is 1. The Morgan fingerprint density at radius 2 is 2.16 bits per heavy atom. The second-order valence-electron chi connectivity index (χ2n) is 9.10. The standard InChI is InChI=1S/C25H34N4O3/c1-18(2)9-12-27-13-10-23-22(17-27)24(25(31)28-11-5-7-20(30)16-28)26-29(23)15-19-6-4-8-21(14-19)32-3/h4,6,8-9,14,20,30H,5,7,10-13,15-17H2,1-3H3. The molecule has 7 heteroatoms. The van der Waals surface area contributed by atoms with E-state index in [9.17, 15) is 9.90 Å². The summed E-state index contributed by atoms with van der Waals surface area (Å²) in [5.41, 5.74) is 5.10. The Labute approximate surface area is 190 Å². The van der Waals surface area contributed by atoms with Crippen molar-refractivity contribution in [2.24, 2.45) is 0 Å². The zero-order chi connectivity index (χ0) is 22.7. The van der Waals surface area contributed by atoms with Crippen LogP contribution in [-0.2, 0) is 19.5 Å². The number of ether oxygens (including phenoxy) is 1. The fourth-order valence-electron chi connectivity index (χ4n) is 4.55. The summed E-state index contributed by atoms with van der Waals surface area (Å²) in [5, 5.41) is 14.9. The minimum Gasteiger partial charge on any atom is -0.497 e. The molecule has 1 unspecified atom stereocenters. The molecule has 172 valence electrons. The Morgan fingerprint density at radius 3 is 2.91 bits per heavy atom. The number of β-amino-alcohol motifs (C(OH)–C–C–N with tert-alkyl or cyclic N) is 1. The fourth-order valence-corrected chi connectivity index (χ4v) is 4.55. The third-order valence-corrected chi connectivity index (χ3v) is 6.32. The van der Waals surface area contributed by atoms with Crippen LogP contribution in [-0.4, -0.2) is 70.0 Å². The summed E-state index contributed by atoms with van der Waals surface area (Å²) >= 11 is 0. The number of allylic oxidation sites excluding steroid dienone is 1. The van der Waals surface area contributed by atoms with Crippen molar-refractivity contribution in [1.29, 1.82) is 0 Å². The number of fused-ring (bicyclic) bond motifs is 1. The van der Waals surface area contributed by atoms with Crippen molar-refractivity contribution in [2.75, 3.05) is 33.3 Å². The molecule has 0 bridgehead atoms. The minimum atomic E-state index is -0.448. The van der Waals surface area contributed by atoms with E-state index in [0.29, 0.717) is 31.9 Å². The highest BCUT2D eigenvalue weighted by Crippen LogP contribution is 2.26. The SMILES string of the molecule is COc1cccc(Cn2nc(C(=O)N3CCCC(O)C3)c3c2CCN(CC=C(C)C)C3)c1. The van der Waals surface area contributed by atoms with Gasteiger partial charge in [-0.1, -0.05) is 23.8 Å². The van der Waals surface area contributed by atoms with Crippen molar-refractivity contribution in [3.8, 4) is 5.75 Å². The van der Waals surface area contributed by atoms with Crippen LogP contribution in [0.2, 0.25) is 0 Å². The molecule has 0 saturated carbocycles. The normalized spacial score (nSPS) is 18.9. The lowest BCUT2D eigenvalue weighted by Crippen LogP contribution is -2.43. The van der Waals surface area contributed by atoms with Gasteiger partial charge in [0.15, 0.2) is 5.69 Å². The number of piperidine rings is 1. The largest absolute Gasteiger partial charge is 0.497 e. The van der Waals surface area contributed by atoms with E-state index in [1.807, 2.05) is 22.9 Å². The van der Waals surface area contributed by atoms with Crippen LogP contribution in [0.1, 0.15) is 54.0 Å². The van der Waals surface area contributed by atoms with Gasteiger partial charge in [0.2, 0.25) is 0 Å². The van der Waals surface area contributed by atoms with Gasteiger partial charge in [0.05, 0.1) is 19.8 Å². The Balaban J connectivity index is 1.65. The highest BCUT2D eigenvalue weighted by atomic mass is 16.5. The Hall–Kier alpha value is -2.64. The number of aliphatic hydroxyl groups excluding tert-OH is 1. The van der Waals surface area contributed by atoms with Crippen LogP contribution in [0.25, 0.3) is 0 Å². The van der Waals surface area contributed by atoms with E-state index in [1.165, 1.54) is 5.57 Å². The number of hydrogen-bond donors (Lipinski definition) is 1. The van der Waals surface area contributed by atoms with E-state index in [0.717, 1.165) is 54.9 Å². The maximum absolute atomic E-state index is 13.4. The van der Waals surface area contributed by atoms with Crippen LogP contribution in [0.15, 0.2) is 35.9 Å². The van der Waals surface area contributed by atoms with Gasteiger partial charge < -0.3 is 14.7 Å². The number of carbonyl (C=O) groups is 1. The van der Waals surface area contributed by atoms with E-state index in [4.69, 9.17) is 9.84 Å². The molecule has 0 radical (unpaired) electrons. The lowest BCUT2D eigenvalue weighted by molar-refractivity contribution is 0.0466. The van der Waals surface area contributed by atoms with Crippen molar-refractivity contribution in [3.63, 3.8) is 0 Å². The fraction of sp³-hybridized carbons (Fsp3) is 0.520. The predicted molar refractivity (Wildman–Crippen MR) is 124 cm³/mol. The number of aromatic nitrogens is 2. The third kappa shape index (κ3) is 5.05. The summed E-state index contributed by atoms with van der Waals surface area (Å²) in [6, 6.07) is 7.98. The summed E-state index contributed by atoms with van der Waals surface area (Å²) in [5.74, 6) is 0.753. The van der Waals surface area contributed by atoms with Crippen molar-refractivity contribution in [2.45, 2.75) is 52.3 Å². The maximum Gasteiger partial charge on any atom is 0.274 e. The molecule has 4 rings (SSSR count). The average molecular weight is 439 g/mol. The molecule has 1 saturated heterocycles. The first-order chi connectivity index (χ1) is 15.4. The van der Waals surface area contributed by atoms with Gasteiger partial charge in [0, 0.05) is 50.4 Å². The molecule has 2 aliphatic rings. The van der Waals surface area contributed by atoms with Crippen molar-refractivity contribution in [1.82, 2.24) is 19.6 Å². The van der Waals surface area contributed by atoms with Gasteiger partial charge in [-0.15, -0.1) is 0 Å². The number of methoxy groups -OCH3 is 1. The second kappa shape index (κ2) is 9.88. The van der Waals surface area contributed by atoms with Gasteiger partial charge in [-0.3, -0.25) is 14.4 Å². The molecule has 1 N–H and O–H groups in total. The molecular weight excluding hydrogens is 404 g/mol. The summed E-state index contributed by atoms with van der Waals surface area (Å²) in [4.78, 5) is 17.6. The zero-order valence-electron chi connectivity index (χ0n) is 19.4. The summed E-state index contributed by atoms with van der Waals surface area (Å²) in [6.07, 6.45) is 4.22. The van der Waals surface area contributed by atoms with Crippen LogP contribution in [0.4, 0.5) is 0 Å². The molecule has 1 amide bonds.